The van der Waals surface area contributed by atoms with Crippen molar-refractivity contribution in [3.8, 4) is 11.1 Å². The number of hydrogen-bond donors (Lipinski definition) is 3. The molecule has 0 aliphatic carbocycles. The molecule has 0 radical (unpaired) electrons. The van der Waals surface area contributed by atoms with Crippen LogP contribution >= 0.6 is 15.9 Å². The summed E-state index contributed by atoms with van der Waals surface area (Å²) in [5.74, 6) is 0. The Kier molecular flexibility index (Phi) is 12.4. The number of rotatable bonds is 7. The quantitative estimate of drug-likeness (QED) is 0.142. The minimum atomic E-state index is -5.90. The van der Waals surface area contributed by atoms with Gasteiger partial charge in [0.1, 0.15) is 0 Å². The molecule has 0 saturated heterocycles. The van der Waals surface area contributed by atoms with Crippen molar-refractivity contribution in [2.45, 2.75) is 74.7 Å². The molecule has 19 heteroatoms. The smallest absolute Gasteiger partial charge is 0.369 e. The van der Waals surface area contributed by atoms with E-state index >= 15 is 0 Å². The number of aromatic nitrogens is 2. The SMILES string of the molecule is OC(c1ccc(CN2CCCc3cc(-c4cn[nH]c4)ccc32)cc1)(C(F)(F)F)C(F)(F)F.OC(c1ccc(CN2CCCc3cc(Br)ccc32)cc1)(C(F)(F)F)C(F)(F)F. The van der Waals surface area contributed by atoms with Gasteiger partial charge in [-0.1, -0.05) is 70.5 Å². The first-order valence-corrected chi connectivity index (χ1v) is 19.0. The van der Waals surface area contributed by atoms with Gasteiger partial charge >= 0.3 is 24.7 Å². The molecule has 0 saturated carbocycles. The number of aromatic amines is 1. The van der Waals surface area contributed by atoms with Crippen molar-refractivity contribution in [2.75, 3.05) is 22.9 Å². The number of nitrogens with zero attached hydrogens (tertiary/aromatic N) is 3. The molecule has 322 valence electrons. The Morgan fingerprint density at radius 2 is 0.967 bits per heavy atom. The van der Waals surface area contributed by atoms with Gasteiger partial charge in [-0.05, 0) is 83.8 Å². The standard InChI is InChI=1S/C22H19F6N3O.C19H16BrF6NO/c23-21(24,25)20(32,22(26,27)28)18-6-3-14(4-7-18)13-31-9-1-2-16-10-15(5-8-19(16)31)17-11-29-30-12-17;20-15-7-8-16-13(10-15)2-1-9-27(16)11-12-3-5-14(6-4-12)17(28,18(21,22)23)19(24,25)26/h3-8,10-12,32H,1-2,9,13H2,(H,29,30);3-8,10,28H,1-2,9,11H2. The molecular formula is C41H35BrF12N4O2. The molecule has 0 spiro atoms. The van der Waals surface area contributed by atoms with E-state index in [4.69, 9.17) is 0 Å². The van der Waals surface area contributed by atoms with Gasteiger partial charge in [-0.25, -0.2) is 0 Å². The van der Waals surface area contributed by atoms with E-state index in [1.807, 2.05) is 40.1 Å². The van der Waals surface area contributed by atoms with Crippen molar-refractivity contribution in [2.24, 2.45) is 0 Å². The van der Waals surface area contributed by atoms with Crippen LogP contribution in [-0.2, 0) is 37.1 Å². The van der Waals surface area contributed by atoms with Crippen molar-refractivity contribution in [3.63, 3.8) is 0 Å². The zero-order valence-electron chi connectivity index (χ0n) is 31.0. The van der Waals surface area contributed by atoms with Gasteiger partial charge in [0, 0.05) is 64.9 Å². The molecule has 0 fully saturated rings. The van der Waals surface area contributed by atoms with Crippen molar-refractivity contribution in [1.82, 2.24) is 10.2 Å². The molecule has 1 aromatic heterocycles. The van der Waals surface area contributed by atoms with Gasteiger partial charge in [-0.3, -0.25) is 5.10 Å². The minimum Gasteiger partial charge on any atom is -0.369 e. The van der Waals surface area contributed by atoms with Crippen LogP contribution in [-0.4, -0.2) is 58.2 Å². The van der Waals surface area contributed by atoms with Crippen molar-refractivity contribution in [1.29, 1.82) is 0 Å². The first-order valence-electron chi connectivity index (χ1n) is 18.2. The molecule has 0 atom stereocenters. The highest BCUT2D eigenvalue weighted by Gasteiger charge is 2.72. The van der Waals surface area contributed by atoms with Gasteiger partial charge in [0.15, 0.2) is 0 Å². The predicted octanol–water partition coefficient (Wildman–Crippen LogP) is 11.1. The third kappa shape index (κ3) is 8.84. The van der Waals surface area contributed by atoms with Crippen LogP contribution < -0.4 is 9.80 Å². The van der Waals surface area contributed by atoms with E-state index < -0.39 is 47.0 Å². The molecule has 7 rings (SSSR count). The van der Waals surface area contributed by atoms with Crippen LogP contribution in [0.15, 0.2) is 102 Å². The lowest BCUT2D eigenvalue weighted by atomic mass is 9.91. The number of anilines is 2. The fourth-order valence-electron chi connectivity index (χ4n) is 7.36. The molecule has 4 aromatic carbocycles. The zero-order valence-corrected chi connectivity index (χ0v) is 32.6. The van der Waals surface area contributed by atoms with Gasteiger partial charge in [-0.2, -0.15) is 57.8 Å². The van der Waals surface area contributed by atoms with E-state index in [0.717, 1.165) is 70.3 Å². The second-order valence-corrected chi connectivity index (χ2v) is 15.4. The largest absolute Gasteiger partial charge is 0.430 e. The first kappa shape index (κ1) is 44.8. The number of hydrogen-bond acceptors (Lipinski definition) is 5. The van der Waals surface area contributed by atoms with E-state index in [0.29, 0.717) is 55.0 Å². The minimum absolute atomic E-state index is 0.314. The molecule has 3 N–H and O–H groups in total. The number of aliphatic hydroxyl groups is 2. The van der Waals surface area contributed by atoms with Gasteiger partial charge in [-0.15, -0.1) is 0 Å². The fourth-order valence-corrected chi connectivity index (χ4v) is 7.76. The highest BCUT2D eigenvalue weighted by atomic mass is 79.9. The number of nitrogens with one attached hydrogen (secondary N) is 1. The van der Waals surface area contributed by atoms with E-state index in [-0.39, 0.29) is 0 Å². The maximum absolute atomic E-state index is 13.1. The summed E-state index contributed by atoms with van der Waals surface area (Å²) in [4.78, 5) is 4.06. The molecule has 0 amide bonds. The third-order valence-corrected chi connectivity index (χ3v) is 11.0. The van der Waals surface area contributed by atoms with Gasteiger partial charge < -0.3 is 20.0 Å². The average molecular weight is 924 g/mol. The summed E-state index contributed by atoms with van der Waals surface area (Å²) >= 11 is 3.41. The molecule has 0 bridgehead atoms. The molecule has 6 nitrogen and oxygen atoms in total. The van der Waals surface area contributed by atoms with E-state index in [1.165, 1.54) is 24.3 Å². The van der Waals surface area contributed by atoms with Gasteiger partial charge in [0.05, 0.1) is 6.20 Å². The van der Waals surface area contributed by atoms with E-state index in [2.05, 4.69) is 32.2 Å². The zero-order chi connectivity index (χ0) is 43.9. The van der Waals surface area contributed by atoms with Crippen LogP contribution in [0.4, 0.5) is 64.1 Å². The molecule has 2 aliphatic heterocycles. The Morgan fingerprint density at radius 3 is 1.37 bits per heavy atom. The topological polar surface area (TPSA) is 75.6 Å². The first-order chi connectivity index (χ1) is 27.9. The summed E-state index contributed by atoms with van der Waals surface area (Å²) in [6.07, 6.45) is -16.5. The summed E-state index contributed by atoms with van der Waals surface area (Å²) in [6.45, 7) is 2.08. The molecule has 3 heterocycles. The summed E-state index contributed by atoms with van der Waals surface area (Å²) in [5, 5.41) is 25.7. The maximum atomic E-state index is 13.1. The number of halogens is 13. The fraction of sp³-hybridized carbons (Fsp3) is 0.341. The second kappa shape index (κ2) is 16.6. The number of aryl methyl sites for hydroxylation is 2. The molecular weight excluding hydrogens is 888 g/mol. The van der Waals surface area contributed by atoms with Crippen LogP contribution in [0.2, 0.25) is 0 Å². The Bertz CT molecular complexity index is 2210. The monoisotopic (exact) mass is 922 g/mol. The number of fused-ring (bicyclic) bond motifs is 2. The lowest BCUT2D eigenvalue weighted by molar-refractivity contribution is -0.376. The highest BCUT2D eigenvalue weighted by Crippen LogP contribution is 2.51. The van der Waals surface area contributed by atoms with Crippen molar-refractivity contribution < 1.29 is 62.9 Å². The Morgan fingerprint density at radius 1 is 0.550 bits per heavy atom. The Hall–Kier alpha value is -4.75. The van der Waals surface area contributed by atoms with E-state index in [9.17, 15) is 62.9 Å². The molecule has 2 aliphatic rings. The maximum Gasteiger partial charge on any atom is 0.430 e. The van der Waals surface area contributed by atoms with Crippen molar-refractivity contribution >= 4 is 27.3 Å². The number of benzene rings is 4. The Labute approximate surface area is 343 Å². The third-order valence-electron chi connectivity index (χ3n) is 10.5. The average Bonchev–Trinajstić information content (AvgIpc) is 3.72. The summed E-state index contributed by atoms with van der Waals surface area (Å²) in [6, 6.07) is 19.2. The predicted molar refractivity (Wildman–Crippen MR) is 202 cm³/mol. The Balaban J connectivity index is 0.000000203. The molecule has 5 aromatic rings. The molecule has 60 heavy (non-hydrogen) atoms. The van der Waals surface area contributed by atoms with Crippen molar-refractivity contribution in [3.05, 3.63) is 135 Å². The number of alkyl halides is 12. The lowest BCUT2D eigenvalue weighted by Gasteiger charge is -2.33. The van der Waals surface area contributed by atoms with Crippen LogP contribution in [0.25, 0.3) is 11.1 Å². The molecule has 0 unspecified atom stereocenters. The van der Waals surface area contributed by atoms with Crippen LogP contribution in [0.1, 0.15) is 46.2 Å². The van der Waals surface area contributed by atoms with Crippen LogP contribution in [0.3, 0.4) is 0 Å². The summed E-state index contributed by atoms with van der Waals surface area (Å²) in [7, 11) is 0. The summed E-state index contributed by atoms with van der Waals surface area (Å²) in [5.41, 5.74) is -5.11. The number of H-pyrrole nitrogens is 1. The van der Waals surface area contributed by atoms with Gasteiger partial charge in [0.25, 0.3) is 11.2 Å². The lowest BCUT2D eigenvalue weighted by Crippen LogP contribution is -2.53. The highest BCUT2D eigenvalue weighted by molar-refractivity contribution is 9.10. The van der Waals surface area contributed by atoms with E-state index in [1.54, 1.807) is 12.4 Å². The van der Waals surface area contributed by atoms with Gasteiger partial charge in [0.2, 0.25) is 0 Å². The summed E-state index contributed by atoms with van der Waals surface area (Å²) < 4.78 is 157. The van der Waals surface area contributed by atoms with Crippen LogP contribution in [0.5, 0.6) is 0 Å². The van der Waals surface area contributed by atoms with Crippen LogP contribution in [0, 0.1) is 0 Å². The normalized spacial score (nSPS) is 15.2. The second-order valence-electron chi connectivity index (χ2n) is 14.5.